The lowest BCUT2D eigenvalue weighted by atomic mass is 9.89. The van der Waals surface area contributed by atoms with E-state index in [0.717, 1.165) is 12.1 Å². The molecule has 0 radical (unpaired) electrons. The zero-order chi connectivity index (χ0) is 23.6. The molecule has 1 saturated heterocycles. The van der Waals surface area contributed by atoms with Crippen molar-refractivity contribution in [3.05, 3.63) is 53.0 Å². The molecule has 2 heterocycles. The Balaban J connectivity index is 1.86. The van der Waals surface area contributed by atoms with Gasteiger partial charge in [-0.2, -0.15) is 0 Å². The van der Waals surface area contributed by atoms with Crippen molar-refractivity contribution in [3.8, 4) is 5.88 Å². The molecular weight excluding hydrogens is 429 g/mol. The third-order valence-corrected chi connectivity index (χ3v) is 5.23. The minimum atomic E-state index is -1.61. The first-order chi connectivity index (χ1) is 15.1. The van der Waals surface area contributed by atoms with Gasteiger partial charge in [-0.3, -0.25) is 14.4 Å². The van der Waals surface area contributed by atoms with Gasteiger partial charge in [0.25, 0.3) is 5.91 Å². The van der Waals surface area contributed by atoms with E-state index in [4.69, 9.17) is 10.5 Å². The number of rotatable bonds is 4. The van der Waals surface area contributed by atoms with E-state index in [-0.39, 0.29) is 35.2 Å². The van der Waals surface area contributed by atoms with Crippen LogP contribution in [0.1, 0.15) is 41.7 Å². The summed E-state index contributed by atoms with van der Waals surface area (Å²) in [5.74, 6) is -7.22. The largest absolute Gasteiger partial charge is 0.480 e. The highest BCUT2D eigenvalue weighted by atomic mass is 19.2. The highest BCUT2D eigenvalue weighted by Crippen LogP contribution is 2.34. The SMILES string of the molecule is COc1ncc(NC(=O)C(=O)N2CC(C)CCC2c2cc(F)c(F)c(F)c2)cc1C(N)=O. The molecule has 11 heteroatoms. The van der Waals surface area contributed by atoms with Crippen LogP contribution in [0.25, 0.3) is 0 Å². The summed E-state index contributed by atoms with van der Waals surface area (Å²) in [4.78, 5) is 42.2. The van der Waals surface area contributed by atoms with Crippen LogP contribution in [-0.4, -0.2) is 41.3 Å². The van der Waals surface area contributed by atoms with Crippen molar-refractivity contribution in [1.29, 1.82) is 0 Å². The molecule has 170 valence electrons. The number of likely N-dealkylation sites (tertiary alicyclic amines) is 1. The summed E-state index contributed by atoms with van der Waals surface area (Å²) < 4.78 is 45.8. The van der Waals surface area contributed by atoms with E-state index in [0.29, 0.717) is 12.8 Å². The molecular formula is C21H21F3N4O4. The van der Waals surface area contributed by atoms with E-state index in [1.165, 1.54) is 24.3 Å². The third-order valence-electron chi connectivity index (χ3n) is 5.23. The number of methoxy groups -OCH3 is 1. The maximum Gasteiger partial charge on any atom is 0.313 e. The highest BCUT2D eigenvalue weighted by molar-refractivity contribution is 6.39. The van der Waals surface area contributed by atoms with Gasteiger partial charge in [-0.1, -0.05) is 6.92 Å². The topological polar surface area (TPSA) is 115 Å². The summed E-state index contributed by atoms with van der Waals surface area (Å²) in [5, 5.41) is 2.34. The Kier molecular flexibility index (Phi) is 6.66. The van der Waals surface area contributed by atoms with Crippen LogP contribution in [0, 0.1) is 23.4 Å². The van der Waals surface area contributed by atoms with E-state index in [9.17, 15) is 27.6 Å². The number of aromatic nitrogens is 1. The molecule has 1 aliphatic heterocycles. The molecule has 0 saturated carbocycles. The molecule has 1 aromatic carbocycles. The molecule has 2 aromatic rings. The van der Waals surface area contributed by atoms with Gasteiger partial charge in [0.15, 0.2) is 17.5 Å². The van der Waals surface area contributed by atoms with Gasteiger partial charge in [-0.15, -0.1) is 0 Å². The van der Waals surface area contributed by atoms with Crippen molar-refractivity contribution in [1.82, 2.24) is 9.88 Å². The quantitative estimate of drug-likeness (QED) is 0.549. The molecule has 32 heavy (non-hydrogen) atoms. The number of nitrogens with one attached hydrogen (secondary N) is 1. The number of nitrogens with two attached hydrogens (primary N) is 1. The van der Waals surface area contributed by atoms with Crippen LogP contribution >= 0.6 is 0 Å². The molecule has 0 spiro atoms. The molecule has 3 rings (SSSR count). The Morgan fingerprint density at radius 2 is 1.81 bits per heavy atom. The van der Waals surface area contributed by atoms with Crippen LogP contribution in [0.4, 0.5) is 18.9 Å². The first-order valence-corrected chi connectivity index (χ1v) is 9.72. The Hall–Kier alpha value is -3.63. The lowest BCUT2D eigenvalue weighted by Crippen LogP contribution is -2.46. The molecule has 1 fully saturated rings. The van der Waals surface area contributed by atoms with Crippen LogP contribution in [0.5, 0.6) is 5.88 Å². The Bertz CT molecular complexity index is 1060. The number of benzene rings is 1. The second kappa shape index (κ2) is 9.25. The number of nitrogens with zero attached hydrogens (tertiary/aromatic N) is 2. The maximum atomic E-state index is 13.8. The lowest BCUT2D eigenvalue weighted by molar-refractivity contribution is -0.146. The standard InChI is InChI=1S/C21H21F3N4O4/c1-10-3-4-16(11-5-14(22)17(24)15(23)6-11)28(9-10)21(31)19(30)27-12-7-13(18(25)29)20(32-2)26-8-12/h5-8,10,16H,3-4,9H2,1-2H3,(H2,25,29)(H,27,30). The van der Waals surface area contributed by atoms with Gasteiger partial charge in [-0.25, -0.2) is 18.2 Å². The molecule has 1 aromatic heterocycles. The summed E-state index contributed by atoms with van der Waals surface area (Å²) >= 11 is 0. The van der Waals surface area contributed by atoms with Crippen molar-refractivity contribution in [2.75, 3.05) is 19.0 Å². The van der Waals surface area contributed by atoms with Crippen molar-refractivity contribution >= 4 is 23.4 Å². The molecule has 2 unspecified atom stereocenters. The van der Waals surface area contributed by atoms with E-state index in [1.807, 2.05) is 6.92 Å². The molecule has 3 amide bonds. The first-order valence-electron chi connectivity index (χ1n) is 9.72. The summed E-state index contributed by atoms with van der Waals surface area (Å²) in [6.07, 6.45) is 2.15. The smallest absolute Gasteiger partial charge is 0.313 e. The van der Waals surface area contributed by atoms with Crippen molar-refractivity contribution in [2.45, 2.75) is 25.8 Å². The summed E-state index contributed by atoms with van der Waals surface area (Å²) in [6, 6.07) is 2.04. The van der Waals surface area contributed by atoms with Crippen molar-refractivity contribution in [3.63, 3.8) is 0 Å². The summed E-state index contributed by atoms with van der Waals surface area (Å²) in [7, 11) is 1.29. The van der Waals surface area contributed by atoms with Crippen LogP contribution in [-0.2, 0) is 9.59 Å². The van der Waals surface area contributed by atoms with E-state index in [2.05, 4.69) is 10.3 Å². The van der Waals surface area contributed by atoms with E-state index < -0.39 is 41.2 Å². The average Bonchev–Trinajstić information content (AvgIpc) is 2.76. The lowest BCUT2D eigenvalue weighted by Gasteiger charge is -2.38. The molecule has 0 bridgehead atoms. The Morgan fingerprint density at radius 1 is 1.16 bits per heavy atom. The minimum absolute atomic E-state index is 0.0263. The van der Waals surface area contributed by atoms with Crippen LogP contribution < -0.4 is 15.8 Å². The number of primary amides is 1. The number of anilines is 1. The average molecular weight is 450 g/mol. The molecule has 3 N–H and O–H groups in total. The van der Waals surface area contributed by atoms with E-state index in [1.54, 1.807) is 0 Å². The molecule has 8 nitrogen and oxygen atoms in total. The zero-order valence-electron chi connectivity index (χ0n) is 17.3. The van der Waals surface area contributed by atoms with Crippen molar-refractivity contribution in [2.24, 2.45) is 11.7 Å². The van der Waals surface area contributed by atoms with Gasteiger partial charge in [0, 0.05) is 6.54 Å². The van der Waals surface area contributed by atoms with Gasteiger partial charge < -0.3 is 20.7 Å². The van der Waals surface area contributed by atoms with Gasteiger partial charge >= 0.3 is 11.8 Å². The normalized spacial score (nSPS) is 18.2. The van der Waals surface area contributed by atoms with Gasteiger partial charge in [0.1, 0.15) is 5.56 Å². The maximum absolute atomic E-state index is 13.8. The van der Waals surface area contributed by atoms with Gasteiger partial charge in [0.05, 0.1) is 25.0 Å². The van der Waals surface area contributed by atoms with Crippen molar-refractivity contribution < 1.29 is 32.3 Å². The van der Waals surface area contributed by atoms with E-state index >= 15 is 0 Å². The van der Waals surface area contributed by atoms with Crippen LogP contribution in [0.2, 0.25) is 0 Å². The number of pyridine rings is 1. The zero-order valence-corrected chi connectivity index (χ0v) is 17.3. The second-order valence-electron chi connectivity index (χ2n) is 7.55. The molecule has 2 atom stereocenters. The Morgan fingerprint density at radius 3 is 2.41 bits per heavy atom. The number of amides is 3. The molecule has 0 aliphatic carbocycles. The fraction of sp³-hybridized carbons (Fsp3) is 0.333. The predicted molar refractivity (Wildman–Crippen MR) is 107 cm³/mol. The second-order valence-corrected chi connectivity index (χ2v) is 7.55. The number of hydrogen-bond acceptors (Lipinski definition) is 5. The number of carbonyl (C=O) groups excluding carboxylic acids is 3. The third kappa shape index (κ3) is 4.66. The monoisotopic (exact) mass is 450 g/mol. The van der Waals surface area contributed by atoms with Crippen LogP contribution in [0.15, 0.2) is 24.4 Å². The number of ether oxygens (including phenoxy) is 1. The number of halogens is 3. The number of piperidine rings is 1. The Labute approximate surface area is 181 Å². The highest BCUT2D eigenvalue weighted by Gasteiger charge is 2.35. The summed E-state index contributed by atoms with van der Waals surface area (Å²) in [5.41, 5.74) is 5.25. The predicted octanol–water partition coefficient (Wildman–Crippen LogP) is 2.54. The fourth-order valence-electron chi connectivity index (χ4n) is 3.67. The minimum Gasteiger partial charge on any atom is -0.480 e. The van der Waals surface area contributed by atoms with Crippen LogP contribution in [0.3, 0.4) is 0 Å². The summed E-state index contributed by atoms with van der Waals surface area (Å²) in [6.45, 7) is 2.03. The first kappa shape index (κ1) is 23.0. The number of hydrogen-bond donors (Lipinski definition) is 2. The number of carbonyl (C=O) groups is 3. The molecule has 1 aliphatic rings. The van der Waals surface area contributed by atoms with Gasteiger partial charge in [-0.05, 0) is 42.5 Å². The van der Waals surface area contributed by atoms with Gasteiger partial charge in [0.2, 0.25) is 5.88 Å². The fourth-order valence-corrected chi connectivity index (χ4v) is 3.67.